The van der Waals surface area contributed by atoms with Gasteiger partial charge >= 0.3 is 0 Å². The molecular formula is C33H22OS. The molecular weight excluding hydrogens is 444 g/mol. The van der Waals surface area contributed by atoms with E-state index in [0.29, 0.717) is 0 Å². The van der Waals surface area contributed by atoms with Gasteiger partial charge in [0.25, 0.3) is 0 Å². The molecule has 0 aliphatic carbocycles. The van der Waals surface area contributed by atoms with E-state index in [2.05, 4.69) is 110 Å². The molecule has 0 aromatic heterocycles. The lowest BCUT2D eigenvalue weighted by molar-refractivity contribution is 0.455. The molecule has 6 aromatic rings. The lowest BCUT2D eigenvalue weighted by atomic mass is 9.85. The maximum Gasteiger partial charge on any atom is 0.142 e. The van der Waals surface area contributed by atoms with Crippen LogP contribution in [0.5, 0.6) is 11.5 Å². The van der Waals surface area contributed by atoms with Gasteiger partial charge in [0.2, 0.25) is 0 Å². The van der Waals surface area contributed by atoms with E-state index in [-0.39, 0.29) is 0 Å². The third-order valence-corrected chi connectivity index (χ3v) is 7.88. The summed E-state index contributed by atoms with van der Waals surface area (Å²) in [5, 5.41) is 5.07. The summed E-state index contributed by atoms with van der Waals surface area (Å²) in [6, 6.07) is 41.3. The Morgan fingerprint density at radius 1 is 0.486 bits per heavy atom. The van der Waals surface area contributed by atoms with Gasteiger partial charge in [-0.3, -0.25) is 0 Å². The second-order valence-corrected chi connectivity index (χ2v) is 10.1. The monoisotopic (exact) mass is 466 g/mol. The highest BCUT2D eigenvalue weighted by atomic mass is 32.2. The molecule has 0 N–H and O–H groups in total. The summed E-state index contributed by atoms with van der Waals surface area (Å²) in [4.78, 5) is 2.31. The predicted molar refractivity (Wildman–Crippen MR) is 148 cm³/mol. The van der Waals surface area contributed by atoms with Crippen LogP contribution in [0.15, 0.2) is 125 Å². The van der Waals surface area contributed by atoms with Crippen molar-refractivity contribution in [1.82, 2.24) is 0 Å². The highest BCUT2D eigenvalue weighted by Gasteiger charge is 2.21. The van der Waals surface area contributed by atoms with Crippen LogP contribution in [0.4, 0.5) is 0 Å². The molecule has 7 rings (SSSR count). The molecule has 166 valence electrons. The van der Waals surface area contributed by atoms with Crippen molar-refractivity contribution in [3.63, 3.8) is 0 Å². The molecule has 0 bridgehead atoms. The van der Waals surface area contributed by atoms with Gasteiger partial charge in [0.15, 0.2) is 0 Å². The molecule has 0 unspecified atom stereocenters. The Morgan fingerprint density at radius 3 is 1.97 bits per heavy atom. The first kappa shape index (κ1) is 20.4. The van der Waals surface area contributed by atoms with Gasteiger partial charge in [-0.1, -0.05) is 108 Å². The minimum Gasteiger partial charge on any atom is -0.455 e. The average molecular weight is 467 g/mol. The number of para-hydroxylation sites is 1. The van der Waals surface area contributed by atoms with Gasteiger partial charge in [-0.05, 0) is 75.0 Å². The molecule has 0 atom stereocenters. The van der Waals surface area contributed by atoms with E-state index in [1.54, 1.807) is 11.8 Å². The Bertz CT molecular complexity index is 1750. The van der Waals surface area contributed by atoms with Crippen LogP contribution in [0, 0.1) is 6.92 Å². The van der Waals surface area contributed by atoms with Gasteiger partial charge in [0.05, 0.1) is 9.79 Å². The normalized spacial score (nSPS) is 12.3. The van der Waals surface area contributed by atoms with Crippen molar-refractivity contribution in [3.8, 4) is 33.8 Å². The van der Waals surface area contributed by atoms with Crippen molar-refractivity contribution in [2.75, 3.05) is 0 Å². The smallest absolute Gasteiger partial charge is 0.142 e. The molecule has 1 aliphatic rings. The van der Waals surface area contributed by atoms with Gasteiger partial charge in [0, 0.05) is 0 Å². The lowest BCUT2D eigenvalue weighted by Crippen LogP contribution is -1.96. The van der Waals surface area contributed by atoms with Crippen LogP contribution in [0.25, 0.3) is 43.8 Å². The van der Waals surface area contributed by atoms with Crippen molar-refractivity contribution in [2.24, 2.45) is 0 Å². The summed E-state index contributed by atoms with van der Waals surface area (Å²) >= 11 is 1.77. The molecule has 1 heterocycles. The van der Waals surface area contributed by atoms with Crippen molar-refractivity contribution >= 4 is 33.3 Å². The third-order valence-electron chi connectivity index (χ3n) is 6.76. The largest absolute Gasteiger partial charge is 0.455 e. The maximum absolute atomic E-state index is 6.36. The number of aryl methyl sites for hydroxylation is 1. The van der Waals surface area contributed by atoms with Crippen LogP contribution in [-0.4, -0.2) is 0 Å². The quantitative estimate of drug-likeness (QED) is 0.234. The SMILES string of the molecule is Cc1ccc2c(-c3ccccc3)c3ccccc3c(-c3ccc4c(c3)Oc3ccccc3S4)c2c1. The number of fused-ring (bicyclic) bond motifs is 4. The fourth-order valence-corrected chi connectivity index (χ4v) is 6.13. The zero-order valence-electron chi connectivity index (χ0n) is 19.3. The summed E-state index contributed by atoms with van der Waals surface area (Å²) in [5.74, 6) is 1.84. The van der Waals surface area contributed by atoms with Crippen molar-refractivity contribution in [3.05, 3.63) is 121 Å². The third kappa shape index (κ3) is 3.33. The molecule has 0 fully saturated rings. The highest BCUT2D eigenvalue weighted by Crippen LogP contribution is 2.50. The molecule has 1 nitrogen and oxygen atoms in total. The van der Waals surface area contributed by atoms with Crippen LogP contribution >= 0.6 is 11.8 Å². The van der Waals surface area contributed by atoms with Crippen molar-refractivity contribution in [1.29, 1.82) is 0 Å². The maximum atomic E-state index is 6.36. The summed E-state index contributed by atoms with van der Waals surface area (Å²) in [6.07, 6.45) is 0. The zero-order valence-corrected chi connectivity index (χ0v) is 20.1. The topological polar surface area (TPSA) is 9.23 Å². The number of benzene rings is 6. The van der Waals surface area contributed by atoms with Gasteiger partial charge in [-0.2, -0.15) is 0 Å². The predicted octanol–water partition coefficient (Wildman–Crippen LogP) is 9.89. The second-order valence-electron chi connectivity index (χ2n) is 9.02. The van der Waals surface area contributed by atoms with E-state index in [0.717, 1.165) is 21.3 Å². The standard InChI is InChI=1S/C33H22OS/c1-21-15-17-26-27(19-21)33(25-12-6-5-11-24(25)32(26)22-9-3-2-4-10-22)23-16-18-31-29(20-23)34-28-13-7-8-14-30(28)35-31/h2-20H,1H3. The molecule has 35 heavy (non-hydrogen) atoms. The summed E-state index contributed by atoms with van der Waals surface area (Å²) in [5.41, 5.74) is 6.22. The summed E-state index contributed by atoms with van der Waals surface area (Å²) < 4.78 is 6.36. The molecule has 0 radical (unpaired) electrons. The number of ether oxygens (including phenoxy) is 1. The highest BCUT2D eigenvalue weighted by molar-refractivity contribution is 7.99. The molecule has 0 saturated carbocycles. The van der Waals surface area contributed by atoms with Crippen LogP contribution in [0.2, 0.25) is 0 Å². The number of rotatable bonds is 2. The summed E-state index contributed by atoms with van der Waals surface area (Å²) in [7, 11) is 0. The lowest BCUT2D eigenvalue weighted by Gasteiger charge is -2.22. The fourth-order valence-electron chi connectivity index (χ4n) is 5.20. The molecule has 1 aliphatic heterocycles. The fraction of sp³-hybridized carbons (Fsp3) is 0.0303. The first-order valence-electron chi connectivity index (χ1n) is 11.9. The van der Waals surface area contributed by atoms with Crippen LogP contribution in [0.1, 0.15) is 5.56 Å². The van der Waals surface area contributed by atoms with E-state index in [1.807, 2.05) is 12.1 Å². The molecule has 0 amide bonds. The Labute approximate surface area is 209 Å². The second kappa shape index (κ2) is 8.04. The zero-order chi connectivity index (χ0) is 23.4. The van der Waals surface area contributed by atoms with Gasteiger partial charge < -0.3 is 4.74 Å². The van der Waals surface area contributed by atoms with Crippen LogP contribution in [0.3, 0.4) is 0 Å². The van der Waals surface area contributed by atoms with Gasteiger partial charge in [-0.25, -0.2) is 0 Å². The minimum atomic E-state index is 0.920. The molecule has 0 spiro atoms. The Hall–Kier alpha value is -4.01. The summed E-state index contributed by atoms with van der Waals surface area (Å²) in [6.45, 7) is 2.17. The Kier molecular flexibility index (Phi) is 4.68. The van der Waals surface area contributed by atoms with E-state index in [9.17, 15) is 0 Å². The van der Waals surface area contributed by atoms with E-state index >= 15 is 0 Å². The first-order chi connectivity index (χ1) is 17.3. The van der Waals surface area contributed by atoms with E-state index < -0.39 is 0 Å². The minimum absolute atomic E-state index is 0.920. The van der Waals surface area contributed by atoms with Crippen molar-refractivity contribution < 1.29 is 4.74 Å². The van der Waals surface area contributed by atoms with Gasteiger partial charge in [0.1, 0.15) is 11.5 Å². The number of hydrogen-bond acceptors (Lipinski definition) is 2. The molecule has 2 heteroatoms. The van der Waals surface area contributed by atoms with Crippen molar-refractivity contribution in [2.45, 2.75) is 16.7 Å². The van der Waals surface area contributed by atoms with Crippen LogP contribution < -0.4 is 4.74 Å². The molecule has 0 saturated heterocycles. The first-order valence-corrected chi connectivity index (χ1v) is 12.7. The van der Waals surface area contributed by atoms with E-state index in [4.69, 9.17) is 4.74 Å². The van der Waals surface area contributed by atoms with E-state index in [1.165, 1.54) is 49.4 Å². The number of hydrogen-bond donors (Lipinski definition) is 0. The average Bonchev–Trinajstić information content (AvgIpc) is 2.90. The molecule has 6 aromatic carbocycles. The Balaban J connectivity index is 1.53. The Morgan fingerprint density at radius 2 is 1.14 bits per heavy atom. The van der Waals surface area contributed by atoms with Crippen LogP contribution in [-0.2, 0) is 0 Å². The van der Waals surface area contributed by atoms with Gasteiger partial charge in [-0.15, -0.1) is 0 Å².